The molecule has 0 radical (unpaired) electrons. The first-order chi connectivity index (χ1) is 15.4. The molecule has 1 fully saturated rings. The second-order valence-electron chi connectivity index (χ2n) is 7.81. The quantitative estimate of drug-likeness (QED) is 0.611. The molecule has 32 heavy (non-hydrogen) atoms. The highest BCUT2D eigenvalue weighted by atomic mass is 19.1. The van der Waals surface area contributed by atoms with Crippen molar-refractivity contribution < 1.29 is 18.7 Å². The maximum absolute atomic E-state index is 13.2. The average Bonchev–Trinajstić information content (AvgIpc) is 3.09. The van der Waals surface area contributed by atoms with E-state index in [-0.39, 0.29) is 11.5 Å². The molecule has 0 bridgehead atoms. The molecule has 0 aromatic heterocycles. The summed E-state index contributed by atoms with van der Waals surface area (Å²) in [5.74, 6) is -1.19. The molecule has 0 spiro atoms. The van der Waals surface area contributed by atoms with E-state index in [2.05, 4.69) is 10.7 Å². The number of rotatable bonds is 5. The molecule has 1 heterocycles. The van der Waals surface area contributed by atoms with Crippen LogP contribution in [0.15, 0.2) is 78.9 Å². The van der Waals surface area contributed by atoms with E-state index in [1.54, 1.807) is 4.68 Å². The van der Waals surface area contributed by atoms with Crippen LogP contribution in [0.1, 0.15) is 27.5 Å². The Morgan fingerprint density at radius 1 is 1.00 bits per heavy atom. The zero-order valence-electron chi connectivity index (χ0n) is 17.8. The monoisotopic (exact) mass is 431 g/mol. The van der Waals surface area contributed by atoms with Gasteiger partial charge in [0.05, 0.1) is 0 Å². The Balaban J connectivity index is 1.66. The molecule has 2 atom stereocenters. The van der Waals surface area contributed by atoms with Crippen LogP contribution in [0.3, 0.4) is 0 Å². The predicted octanol–water partition coefficient (Wildman–Crippen LogP) is 2.91. The summed E-state index contributed by atoms with van der Waals surface area (Å²) in [6.07, 6.45) is 1.85. The number of carbonyl (C=O) groups excluding carboxylic acids is 2. The Hall–Kier alpha value is -4.00. The molecule has 3 aromatic carbocycles. The minimum absolute atomic E-state index is 0.285. The number of anilines is 1. The number of hydrazone groups is 1. The largest absolute Gasteiger partial charge is 0.378 e. The van der Waals surface area contributed by atoms with Crippen molar-refractivity contribution in [1.82, 2.24) is 10.7 Å². The fourth-order valence-corrected chi connectivity index (χ4v) is 3.68. The number of benzene rings is 3. The smallest absolute Gasteiger partial charge is 0.304 e. The molecule has 3 aromatic rings. The van der Waals surface area contributed by atoms with Gasteiger partial charge >= 0.3 is 5.91 Å². The third kappa shape index (κ3) is 4.51. The second-order valence-corrected chi connectivity index (χ2v) is 7.81. The highest BCUT2D eigenvalue weighted by molar-refractivity contribution is 5.98. The fraction of sp³-hybridized carbons (Fsp3) is 0.160. The van der Waals surface area contributed by atoms with Gasteiger partial charge in [-0.1, -0.05) is 30.3 Å². The first-order valence-corrected chi connectivity index (χ1v) is 10.2. The molecular formula is C25H24FN4O2+. The molecule has 2 N–H and O–H groups in total. The van der Waals surface area contributed by atoms with Crippen LogP contribution >= 0.6 is 0 Å². The van der Waals surface area contributed by atoms with Crippen LogP contribution in [-0.2, 0) is 4.79 Å². The van der Waals surface area contributed by atoms with Crippen molar-refractivity contribution in [2.24, 2.45) is 0 Å². The predicted molar refractivity (Wildman–Crippen MR) is 121 cm³/mol. The third-order valence-electron chi connectivity index (χ3n) is 5.37. The number of carbonyl (C=O) groups is 2. The van der Waals surface area contributed by atoms with Gasteiger partial charge in [-0.3, -0.25) is 9.59 Å². The molecule has 4 rings (SSSR count). The number of halogens is 1. The number of amides is 2. The van der Waals surface area contributed by atoms with Gasteiger partial charge in [-0.25, -0.2) is 4.39 Å². The summed E-state index contributed by atoms with van der Waals surface area (Å²) in [5, 5.41) is 2.81. The van der Waals surface area contributed by atoms with Gasteiger partial charge in [0.15, 0.2) is 6.04 Å². The van der Waals surface area contributed by atoms with Crippen molar-refractivity contribution >= 4 is 23.7 Å². The first-order valence-electron chi connectivity index (χ1n) is 10.2. The summed E-state index contributed by atoms with van der Waals surface area (Å²) < 4.78 is 14.9. The summed E-state index contributed by atoms with van der Waals surface area (Å²) >= 11 is 0. The van der Waals surface area contributed by atoms with E-state index in [1.165, 1.54) is 24.3 Å². The topological polar surface area (TPSA) is 64.5 Å². The van der Waals surface area contributed by atoms with Crippen molar-refractivity contribution in [2.45, 2.75) is 12.1 Å². The Kier molecular flexibility index (Phi) is 5.98. The van der Waals surface area contributed by atoms with Crippen LogP contribution in [0.2, 0.25) is 0 Å². The highest BCUT2D eigenvalue weighted by Crippen LogP contribution is 2.25. The van der Waals surface area contributed by atoms with Gasteiger partial charge < -0.3 is 10.2 Å². The van der Waals surface area contributed by atoms with E-state index >= 15 is 0 Å². The molecule has 0 unspecified atom stereocenters. The molecule has 1 aliphatic rings. The lowest BCUT2D eigenvalue weighted by Gasteiger charge is -2.15. The molecular weight excluding hydrogens is 407 g/mol. The van der Waals surface area contributed by atoms with Crippen LogP contribution in [0.5, 0.6) is 0 Å². The van der Waals surface area contributed by atoms with Crippen molar-refractivity contribution in [3.8, 4) is 0 Å². The summed E-state index contributed by atoms with van der Waals surface area (Å²) in [4.78, 5) is 27.6. The SMILES string of the molecule is CN(C)c1ccc(/C=[N+]2\NC(=O)[C@@H](NC(=O)c3ccc(F)cc3)[C@@H]2c2ccccc2)cc1. The number of hydrogen-bond acceptors (Lipinski definition) is 3. The van der Waals surface area contributed by atoms with E-state index in [9.17, 15) is 14.0 Å². The summed E-state index contributed by atoms with van der Waals surface area (Å²) in [5.41, 5.74) is 5.99. The fourth-order valence-electron chi connectivity index (χ4n) is 3.68. The van der Waals surface area contributed by atoms with E-state index in [1.807, 2.05) is 79.8 Å². The molecule has 2 amide bonds. The number of nitrogens with one attached hydrogen (secondary N) is 2. The number of nitrogens with zero attached hydrogens (tertiary/aromatic N) is 2. The zero-order chi connectivity index (χ0) is 22.7. The van der Waals surface area contributed by atoms with Crippen molar-refractivity contribution in [2.75, 3.05) is 19.0 Å². The van der Waals surface area contributed by atoms with Gasteiger partial charge in [-0.05, 0) is 48.5 Å². The van der Waals surface area contributed by atoms with Crippen LogP contribution in [0.4, 0.5) is 10.1 Å². The molecule has 0 aliphatic carbocycles. The van der Waals surface area contributed by atoms with Gasteiger partial charge in [0.1, 0.15) is 5.82 Å². The van der Waals surface area contributed by atoms with Crippen LogP contribution in [0, 0.1) is 5.82 Å². The van der Waals surface area contributed by atoms with Crippen molar-refractivity contribution in [1.29, 1.82) is 0 Å². The Labute approximate surface area is 186 Å². The molecule has 1 aliphatic heterocycles. The third-order valence-corrected chi connectivity index (χ3v) is 5.37. The maximum Gasteiger partial charge on any atom is 0.304 e. The van der Waals surface area contributed by atoms with Gasteiger partial charge in [0.25, 0.3) is 5.91 Å². The summed E-state index contributed by atoms with van der Waals surface area (Å²) in [6.45, 7) is 0. The van der Waals surface area contributed by atoms with Gasteiger partial charge in [0.2, 0.25) is 12.3 Å². The van der Waals surface area contributed by atoms with Crippen LogP contribution in [0.25, 0.3) is 0 Å². The Morgan fingerprint density at radius 2 is 1.66 bits per heavy atom. The molecule has 0 saturated carbocycles. The van der Waals surface area contributed by atoms with Crippen LogP contribution in [-0.4, -0.2) is 42.9 Å². The van der Waals surface area contributed by atoms with E-state index in [4.69, 9.17) is 0 Å². The number of hydrazine groups is 1. The lowest BCUT2D eigenvalue weighted by Crippen LogP contribution is -2.42. The minimum Gasteiger partial charge on any atom is -0.378 e. The van der Waals surface area contributed by atoms with Crippen LogP contribution < -0.4 is 15.6 Å². The highest BCUT2D eigenvalue weighted by Gasteiger charge is 2.47. The molecule has 7 heteroatoms. The summed E-state index contributed by atoms with van der Waals surface area (Å²) in [7, 11) is 3.94. The maximum atomic E-state index is 13.2. The Morgan fingerprint density at radius 3 is 2.28 bits per heavy atom. The van der Waals surface area contributed by atoms with E-state index < -0.39 is 23.8 Å². The average molecular weight is 431 g/mol. The molecule has 1 saturated heterocycles. The van der Waals surface area contributed by atoms with Crippen molar-refractivity contribution in [3.63, 3.8) is 0 Å². The standard InChI is InChI=1S/C25H23FN4O2/c1-29(2)21-14-8-17(9-15-21)16-30-23(18-6-4-3-5-7-18)22(25(32)28-30)27-24(31)19-10-12-20(26)13-11-19/h3-16,22-23H,1-2H3,(H-,27,28,31,32)/p+1/t22-,23-/m0/s1. The molecule has 162 valence electrons. The first kappa shape index (κ1) is 21.2. The second kappa shape index (κ2) is 9.01. The van der Waals surface area contributed by atoms with E-state index in [0.29, 0.717) is 0 Å². The van der Waals surface area contributed by atoms with Gasteiger partial charge in [-0.2, -0.15) is 0 Å². The van der Waals surface area contributed by atoms with E-state index in [0.717, 1.165) is 16.8 Å². The Bertz CT molecular complexity index is 1140. The lowest BCUT2D eigenvalue weighted by molar-refractivity contribution is -0.596. The number of hydrogen-bond donors (Lipinski definition) is 2. The lowest BCUT2D eigenvalue weighted by atomic mass is 10.00. The zero-order valence-corrected chi connectivity index (χ0v) is 17.8. The minimum atomic E-state index is -0.827. The van der Waals surface area contributed by atoms with Gasteiger partial charge in [-0.15, -0.1) is 10.1 Å². The van der Waals surface area contributed by atoms with Gasteiger partial charge in [0, 0.05) is 36.5 Å². The van der Waals surface area contributed by atoms with Crippen molar-refractivity contribution in [3.05, 3.63) is 101 Å². The summed E-state index contributed by atoms with van der Waals surface area (Å²) in [6, 6.07) is 21.4. The normalized spacial score (nSPS) is 19.0. The molecule has 6 nitrogen and oxygen atoms in total.